The van der Waals surface area contributed by atoms with Crippen LogP contribution in [-0.4, -0.2) is 36.4 Å². The Morgan fingerprint density at radius 2 is 2.26 bits per heavy atom. The Labute approximate surface area is 124 Å². The minimum atomic E-state index is -0.493. The van der Waals surface area contributed by atoms with Gasteiger partial charge in [0.25, 0.3) is 5.91 Å². The van der Waals surface area contributed by atoms with Gasteiger partial charge in [0.05, 0.1) is 10.2 Å². The van der Waals surface area contributed by atoms with E-state index in [0.717, 1.165) is 14.9 Å². The molecule has 2 amide bonds. The van der Waals surface area contributed by atoms with E-state index in [0.29, 0.717) is 25.3 Å². The van der Waals surface area contributed by atoms with Gasteiger partial charge in [0.2, 0.25) is 5.91 Å². The molecule has 1 aromatic rings. The highest BCUT2D eigenvalue weighted by Crippen LogP contribution is 2.39. The Balaban J connectivity index is 2.11. The third-order valence-corrected chi connectivity index (χ3v) is 4.24. The minimum Gasteiger partial charge on any atom is -0.493 e. The Kier molecular flexibility index (Phi) is 3.12. The summed E-state index contributed by atoms with van der Waals surface area (Å²) in [5.74, 6) is 0.563. The van der Waals surface area contributed by atoms with Crippen LogP contribution in [-0.2, 0) is 4.79 Å². The summed E-state index contributed by atoms with van der Waals surface area (Å²) in [5.41, 5.74) is 1.38. The van der Waals surface area contributed by atoms with Crippen molar-refractivity contribution >= 4 is 34.4 Å². The Morgan fingerprint density at radius 1 is 1.47 bits per heavy atom. The molecule has 2 aliphatic heterocycles. The number of hydrogen-bond acceptors (Lipinski definition) is 3. The van der Waals surface area contributed by atoms with Gasteiger partial charge in [-0.25, -0.2) is 0 Å². The van der Waals surface area contributed by atoms with Gasteiger partial charge in [-0.05, 0) is 41.6 Å². The summed E-state index contributed by atoms with van der Waals surface area (Å²) < 4.78 is 6.44. The van der Waals surface area contributed by atoms with Crippen LogP contribution in [0.1, 0.15) is 28.9 Å². The summed E-state index contributed by atoms with van der Waals surface area (Å²) in [4.78, 5) is 25.9. The van der Waals surface area contributed by atoms with Gasteiger partial charge in [0, 0.05) is 24.2 Å². The molecule has 19 heavy (non-hydrogen) atoms. The number of carbonyl (C=O) groups is 2. The van der Waals surface area contributed by atoms with Crippen LogP contribution in [0.3, 0.4) is 0 Å². The van der Waals surface area contributed by atoms with E-state index in [2.05, 4.69) is 27.9 Å². The van der Waals surface area contributed by atoms with Gasteiger partial charge in [-0.15, -0.1) is 0 Å². The molecule has 100 valence electrons. The molecule has 2 heterocycles. The van der Waals surface area contributed by atoms with Crippen molar-refractivity contribution in [1.82, 2.24) is 10.2 Å². The maximum Gasteiger partial charge on any atom is 0.255 e. The molecule has 1 atom stereocenters. The average molecular weight is 372 g/mol. The van der Waals surface area contributed by atoms with Crippen LogP contribution in [0.25, 0.3) is 0 Å². The van der Waals surface area contributed by atoms with Crippen molar-refractivity contribution in [2.75, 3.05) is 19.7 Å². The zero-order chi connectivity index (χ0) is 13.6. The lowest BCUT2D eigenvalue weighted by molar-refractivity contribution is -0.127. The number of nitrogens with one attached hydrogen (secondary N) is 1. The fourth-order valence-electron chi connectivity index (χ4n) is 2.60. The summed E-state index contributed by atoms with van der Waals surface area (Å²) >= 11 is 2.15. The lowest BCUT2D eigenvalue weighted by Gasteiger charge is -2.29. The number of hydrogen-bond donors (Lipinski definition) is 1. The first-order valence-electron chi connectivity index (χ1n) is 6.18. The molecule has 0 saturated carbocycles. The van der Waals surface area contributed by atoms with E-state index in [1.54, 1.807) is 4.90 Å². The van der Waals surface area contributed by atoms with Gasteiger partial charge in [-0.2, -0.15) is 0 Å². The number of amides is 2. The van der Waals surface area contributed by atoms with E-state index in [1.807, 2.05) is 19.1 Å². The fourth-order valence-corrected chi connectivity index (χ4v) is 3.22. The maximum atomic E-state index is 12.3. The van der Waals surface area contributed by atoms with Crippen molar-refractivity contribution in [3.05, 3.63) is 26.8 Å². The highest BCUT2D eigenvalue weighted by Gasteiger charge is 2.43. The van der Waals surface area contributed by atoms with E-state index < -0.39 is 6.04 Å². The first kappa shape index (κ1) is 12.7. The van der Waals surface area contributed by atoms with Gasteiger partial charge < -0.3 is 15.0 Å². The van der Waals surface area contributed by atoms with Gasteiger partial charge in [0.15, 0.2) is 0 Å². The van der Waals surface area contributed by atoms with Crippen LogP contribution in [0, 0.1) is 3.57 Å². The van der Waals surface area contributed by atoms with Crippen molar-refractivity contribution in [2.24, 2.45) is 0 Å². The monoisotopic (exact) mass is 372 g/mol. The van der Waals surface area contributed by atoms with E-state index >= 15 is 0 Å². The summed E-state index contributed by atoms with van der Waals surface area (Å²) in [7, 11) is 0. The third-order valence-electron chi connectivity index (χ3n) is 3.40. The standard InChI is InChI=1S/C13H13IN2O3/c1-2-19-10-6-7-8(5-9(10)14)13(18)16-4-3-15-12(17)11(7)16/h5-6,11H,2-4H2,1H3,(H,15,17). The quantitative estimate of drug-likeness (QED) is 0.797. The second-order valence-electron chi connectivity index (χ2n) is 4.50. The number of benzene rings is 1. The second-order valence-corrected chi connectivity index (χ2v) is 5.66. The van der Waals surface area contributed by atoms with Crippen LogP contribution in [0.15, 0.2) is 12.1 Å². The molecule has 0 spiro atoms. The van der Waals surface area contributed by atoms with Crippen LogP contribution < -0.4 is 10.1 Å². The molecule has 0 bridgehead atoms. The summed E-state index contributed by atoms with van der Waals surface area (Å²) in [6.45, 7) is 3.55. The molecule has 6 heteroatoms. The SMILES string of the molecule is CCOc1cc2c(cc1I)C(=O)N1CCNC(=O)C21. The van der Waals surface area contributed by atoms with Crippen molar-refractivity contribution in [2.45, 2.75) is 13.0 Å². The summed E-state index contributed by atoms with van der Waals surface area (Å²) in [5, 5.41) is 2.81. The van der Waals surface area contributed by atoms with E-state index in [4.69, 9.17) is 4.74 Å². The summed E-state index contributed by atoms with van der Waals surface area (Å²) in [6, 6.07) is 3.15. The molecule has 0 aliphatic carbocycles. The van der Waals surface area contributed by atoms with Crippen LogP contribution in [0.2, 0.25) is 0 Å². The lowest BCUT2D eigenvalue weighted by atomic mass is 10.0. The first-order valence-corrected chi connectivity index (χ1v) is 7.26. The third kappa shape index (κ3) is 1.89. The number of fused-ring (bicyclic) bond motifs is 3. The number of piperazine rings is 1. The Hall–Kier alpha value is -1.31. The maximum absolute atomic E-state index is 12.3. The van der Waals surface area contributed by atoms with E-state index in [9.17, 15) is 9.59 Å². The van der Waals surface area contributed by atoms with E-state index in [-0.39, 0.29) is 11.8 Å². The van der Waals surface area contributed by atoms with Gasteiger partial charge >= 0.3 is 0 Å². The highest BCUT2D eigenvalue weighted by molar-refractivity contribution is 14.1. The number of ether oxygens (including phenoxy) is 1. The number of halogens is 1. The van der Waals surface area contributed by atoms with Crippen molar-refractivity contribution in [1.29, 1.82) is 0 Å². The van der Waals surface area contributed by atoms with Crippen LogP contribution >= 0.6 is 22.6 Å². The van der Waals surface area contributed by atoms with Gasteiger partial charge in [-0.1, -0.05) is 0 Å². The molecule has 1 saturated heterocycles. The predicted octanol–water partition coefficient (Wildman–Crippen LogP) is 1.32. The normalized spacial score (nSPS) is 20.9. The molecule has 1 fully saturated rings. The van der Waals surface area contributed by atoms with Gasteiger partial charge in [-0.3, -0.25) is 9.59 Å². The predicted molar refractivity (Wildman–Crippen MR) is 77.1 cm³/mol. The molecule has 2 aliphatic rings. The minimum absolute atomic E-state index is 0.0594. The number of rotatable bonds is 2. The van der Waals surface area contributed by atoms with Gasteiger partial charge in [0.1, 0.15) is 11.8 Å². The molecule has 1 N–H and O–H groups in total. The molecular weight excluding hydrogens is 359 g/mol. The lowest BCUT2D eigenvalue weighted by Crippen LogP contribution is -2.48. The molecule has 5 nitrogen and oxygen atoms in total. The van der Waals surface area contributed by atoms with Crippen molar-refractivity contribution in [3.63, 3.8) is 0 Å². The van der Waals surface area contributed by atoms with E-state index in [1.165, 1.54) is 0 Å². The smallest absolute Gasteiger partial charge is 0.255 e. The molecule has 3 rings (SSSR count). The average Bonchev–Trinajstić information content (AvgIpc) is 2.66. The molecular formula is C13H13IN2O3. The van der Waals surface area contributed by atoms with Crippen molar-refractivity contribution in [3.8, 4) is 5.75 Å². The van der Waals surface area contributed by atoms with Crippen molar-refractivity contribution < 1.29 is 14.3 Å². The largest absolute Gasteiger partial charge is 0.493 e. The first-order chi connectivity index (χ1) is 9.13. The zero-order valence-electron chi connectivity index (χ0n) is 10.4. The molecule has 1 unspecified atom stereocenters. The zero-order valence-corrected chi connectivity index (χ0v) is 12.6. The molecule has 0 aromatic heterocycles. The number of carbonyl (C=O) groups excluding carboxylic acids is 2. The topological polar surface area (TPSA) is 58.6 Å². The fraction of sp³-hybridized carbons (Fsp3) is 0.385. The number of nitrogens with zero attached hydrogens (tertiary/aromatic N) is 1. The Bertz CT molecular complexity index is 573. The summed E-state index contributed by atoms with van der Waals surface area (Å²) in [6.07, 6.45) is 0. The Morgan fingerprint density at radius 3 is 3.00 bits per heavy atom. The molecule has 1 aromatic carbocycles. The molecule has 0 radical (unpaired) electrons. The second kappa shape index (κ2) is 4.66. The van der Waals surface area contributed by atoms with Crippen LogP contribution in [0.5, 0.6) is 5.75 Å². The highest BCUT2D eigenvalue weighted by atomic mass is 127. The van der Waals surface area contributed by atoms with Crippen LogP contribution in [0.4, 0.5) is 0 Å².